The van der Waals surface area contributed by atoms with E-state index in [9.17, 15) is 0 Å². The van der Waals surface area contributed by atoms with E-state index in [0.29, 0.717) is 13.2 Å². The van der Waals surface area contributed by atoms with Crippen LogP contribution in [0.5, 0.6) is 5.75 Å². The van der Waals surface area contributed by atoms with Crippen LogP contribution >= 0.6 is 0 Å². The van der Waals surface area contributed by atoms with Gasteiger partial charge in [-0.2, -0.15) is 0 Å². The van der Waals surface area contributed by atoms with Crippen molar-refractivity contribution in [1.29, 1.82) is 0 Å². The molecule has 0 bridgehead atoms. The van der Waals surface area contributed by atoms with E-state index in [2.05, 4.69) is 10.5 Å². The summed E-state index contributed by atoms with van der Waals surface area (Å²) < 4.78 is 10.9. The van der Waals surface area contributed by atoms with Crippen LogP contribution < -0.4 is 15.8 Å². The van der Waals surface area contributed by atoms with Crippen molar-refractivity contribution in [1.82, 2.24) is 5.16 Å². The smallest absolute Gasteiger partial charge is 0.140 e. The Bertz CT molecular complexity index is 518. The summed E-state index contributed by atoms with van der Waals surface area (Å²) in [7, 11) is 0. The lowest BCUT2D eigenvalue weighted by molar-refractivity contribution is 0.302. The molecule has 2 rings (SSSR count). The molecule has 0 amide bonds. The van der Waals surface area contributed by atoms with Gasteiger partial charge in [0, 0.05) is 24.8 Å². The molecule has 0 spiro atoms. The van der Waals surface area contributed by atoms with Crippen molar-refractivity contribution in [3.8, 4) is 5.75 Å². The quantitative estimate of drug-likeness (QED) is 0.834. The first kappa shape index (κ1) is 13.4. The fourth-order valence-electron chi connectivity index (χ4n) is 1.78. The van der Waals surface area contributed by atoms with E-state index in [0.717, 1.165) is 35.0 Å². The monoisotopic (exact) mass is 261 g/mol. The molecule has 5 heteroatoms. The molecule has 1 aromatic heterocycles. The molecule has 0 atom stereocenters. The Kier molecular flexibility index (Phi) is 4.41. The van der Waals surface area contributed by atoms with Gasteiger partial charge in [-0.1, -0.05) is 11.2 Å². The standard InChI is InChI=1S/C14H19N3O2/c1-10-14(11(2)19-17-10)9-18-13-5-3-4-12(8-13)16-7-6-15/h3-5,8,16H,6-7,9,15H2,1-2H3. The van der Waals surface area contributed by atoms with Crippen LogP contribution in [0, 0.1) is 13.8 Å². The Morgan fingerprint density at radius 2 is 2.21 bits per heavy atom. The first-order chi connectivity index (χ1) is 9.20. The summed E-state index contributed by atoms with van der Waals surface area (Å²) in [6, 6.07) is 7.81. The van der Waals surface area contributed by atoms with Gasteiger partial charge in [0.15, 0.2) is 0 Å². The molecule has 5 nitrogen and oxygen atoms in total. The molecule has 0 saturated carbocycles. The second-order valence-electron chi connectivity index (χ2n) is 4.33. The molecule has 0 unspecified atom stereocenters. The van der Waals surface area contributed by atoms with E-state index >= 15 is 0 Å². The molecule has 0 radical (unpaired) electrons. The number of hydrogen-bond donors (Lipinski definition) is 2. The van der Waals surface area contributed by atoms with Gasteiger partial charge in [-0.05, 0) is 26.0 Å². The highest BCUT2D eigenvalue weighted by Gasteiger charge is 2.09. The van der Waals surface area contributed by atoms with Crippen molar-refractivity contribution in [2.45, 2.75) is 20.5 Å². The SMILES string of the molecule is Cc1noc(C)c1COc1cccc(NCCN)c1. The summed E-state index contributed by atoms with van der Waals surface area (Å²) in [5.41, 5.74) is 8.33. The second kappa shape index (κ2) is 6.24. The number of ether oxygens (including phenoxy) is 1. The van der Waals surface area contributed by atoms with E-state index in [1.807, 2.05) is 38.1 Å². The minimum absolute atomic E-state index is 0.460. The maximum atomic E-state index is 5.76. The van der Waals surface area contributed by atoms with Crippen molar-refractivity contribution in [3.05, 3.63) is 41.3 Å². The molecule has 3 N–H and O–H groups in total. The molecule has 0 aliphatic rings. The first-order valence-electron chi connectivity index (χ1n) is 6.29. The largest absolute Gasteiger partial charge is 0.489 e. The van der Waals surface area contributed by atoms with Gasteiger partial charge in [-0.15, -0.1) is 0 Å². The zero-order chi connectivity index (χ0) is 13.7. The van der Waals surface area contributed by atoms with Crippen molar-refractivity contribution in [2.24, 2.45) is 5.73 Å². The number of hydrogen-bond acceptors (Lipinski definition) is 5. The van der Waals surface area contributed by atoms with Gasteiger partial charge in [-0.3, -0.25) is 0 Å². The fourth-order valence-corrected chi connectivity index (χ4v) is 1.78. The van der Waals surface area contributed by atoms with E-state index in [4.69, 9.17) is 15.0 Å². The predicted octanol–water partition coefficient (Wildman–Crippen LogP) is 2.24. The van der Waals surface area contributed by atoms with Crippen LogP contribution in [0.1, 0.15) is 17.0 Å². The van der Waals surface area contributed by atoms with E-state index in [-0.39, 0.29) is 0 Å². The highest BCUT2D eigenvalue weighted by atomic mass is 16.5. The summed E-state index contributed by atoms with van der Waals surface area (Å²) in [5.74, 6) is 1.61. The molecular weight excluding hydrogens is 242 g/mol. The summed E-state index contributed by atoms with van der Waals surface area (Å²) in [6.45, 7) is 5.60. The van der Waals surface area contributed by atoms with Crippen LogP contribution in [0.3, 0.4) is 0 Å². The van der Waals surface area contributed by atoms with E-state index < -0.39 is 0 Å². The van der Waals surface area contributed by atoms with Gasteiger partial charge in [0.05, 0.1) is 11.3 Å². The molecule has 0 saturated heterocycles. The van der Waals surface area contributed by atoms with Crippen LogP contribution in [0.25, 0.3) is 0 Å². The zero-order valence-electron chi connectivity index (χ0n) is 11.3. The third kappa shape index (κ3) is 3.48. The van der Waals surface area contributed by atoms with E-state index in [1.54, 1.807) is 0 Å². The molecule has 102 valence electrons. The van der Waals surface area contributed by atoms with Crippen molar-refractivity contribution >= 4 is 5.69 Å². The van der Waals surface area contributed by atoms with Crippen molar-refractivity contribution < 1.29 is 9.26 Å². The van der Waals surface area contributed by atoms with Gasteiger partial charge < -0.3 is 20.3 Å². The number of anilines is 1. The maximum absolute atomic E-state index is 5.76. The second-order valence-corrected chi connectivity index (χ2v) is 4.33. The zero-order valence-corrected chi connectivity index (χ0v) is 11.3. The first-order valence-corrected chi connectivity index (χ1v) is 6.29. The summed E-state index contributed by atoms with van der Waals surface area (Å²) in [4.78, 5) is 0. The minimum atomic E-state index is 0.460. The summed E-state index contributed by atoms with van der Waals surface area (Å²) in [5, 5.41) is 7.12. The third-order valence-electron chi connectivity index (χ3n) is 2.87. The number of aromatic nitrogens is 1. The highest BCUT2D eigenvalue weighted by Crippen LogP contribution is 2.20. The summed E-state index contributed by atoms with van der Waals surface area (Å²) in [6.07, 6.45) is 0. The number of nitrogens with two attached hydrogens (primary N) is 1. The molecule has 0 aliphatic heterocycles. The Morgan fingerprint density at radius 3 is 2.89 bits per heavy atom. The van der Waals surface area contributed by atoms with Gasteiger partial charge in [0.25, 0.3) is 0 Å². The van der Waals surface area contributed by atoms with Crippen LogP contribution in [0.2, 0.25) is 0 Å². The van der Waals surface area contributed by atoms with Crippen molar-refractivity contribution in [3.63, 3.8) is 0 Å². The minimum Gasteiger partial charge on any atom is -0.489 e. The molecule has 0 aliphatic carbocycles. The van der Waals surface area contributed by atoms with Crippen molar-refractivity contribution in [2.75, 3.05) is 18.4 Å². The molecule has 19 heavy (non-hydrogen) atoms. The number of rotatable bonds is 6. The van der Waals surface area contributed by atoms with Gasteiger partial charge in [0.2, 0.25) is 0 Å². The lowest BCUT2D eigenvalue weighted by Crippen LogP contribution is -2.13. The average molecular weight is 261 g/mol. The maximum Gasteiger partial charge on any atom is 0.140 e. The lowest BCUT2D eigenvalue weighted by Gasteiger charge is -2.09. The summed E-state index contributed by atoms with van der Waals surface area (Å²) >= 11 is 0. The number of aryl methyl sites for hydroxylation is 2. The van der Waals surface area contributed by atoms with E-state index in [1.165, 1.54) is 0 Å². The fraction of sp³-hybridized carbons (Fsp3) is 0.357. The van der Waals surface area contributed by atoms with Crippen LogP contribution in [0.15, 0.2) is 28.8 Å². The highest BCUT2D eigenvalue weighted by molar-refractivity contribution is 5.48. The Hall–Kier alpha value is -2.01. The lowest BCUT2D eigenvalue weighted by atomic mass is 10.2. The molecule has 1 aromatic carbocycles. The molecule has 2 aromatic rings. The number of benzene rings is 1. The van der Waals surface area contributed by atoms with Crippen LogP contribution in [-0.4, -0.2) is 18.2 Å². The van der Waals surface area contributed by atoms with Crippen LogP contribution in [-0.2, 0) is 6.61 Å². The van der Waals surface area contributed by atoms with Gasteiger partial charge in [0.1, 0.15) is 18.1 Å². The normalized spacial score (nSPS) is 10.5. The molecule has 1 heterocycles. The van der Waals surface area contributed by atoms with Gasteiger partial charge in [-0.25, -0.2) is 0 Å². The third-order valence-corrected chi connectivity index (χ3v) is 2.87. The molecular formula is C14H19N3O2. The Balaban J connectivity index is 1.99. The molecule has 0 fully saturated rings. The number of nitrogens with zero attached hydrogens (tertiary/aromatic N) is 1. The Labute approximate surface area is 112 Å². The van der Waals surface area contributed by atoms with Gasteiger partial charge >= 0.3 is 0 Å². The van der Waals surface area contributed by atoms with Crippen LogP contribution in [0.4, 0.5) is 5.69 Å². The predicted molar refractivity (Wildman–Crippen MR) is 74.3 cm³/mol. The number of nitrogens with one attached hydrogen (secondary N) is 1. The topological polar surface area (TPSA) is 73.3 Å². The Morgan fingerprint density at radius 1 is 1.37 bits per heavy atom. The average Bonchev–Trinajstić information content (AvgIpc) is 2.74.